The molecule has 3 aromatic rings. The van der Waals surface area contributed by atoms with Crippen molar-refractivity contribution < 1.29 is 9.18 Å². The Morgan fingerprint density at radius 2 is 1.84 bits per heavy atom. The van der Waals surface area contributed by atoms with Crippen LogP contribution in [-0.2, 0) is 7.05 Å². The Morgan fingerprint density at radius 1 is 1.13 bits per heavy atom. The summed E-state index contributed by atoms with van der Waals surface area (Å²) in [6.07, 6.45) is 3.34. The lowest BCUT2D eigenvalue weighted by molar-refractivity contribution is 0.178. The number of hydrogen-bond donors (Lipinski definition) is 1. The van der Waals surface area contributed by atoms with E-state index in [1.165, 1.54) is 16.7 Å². The first kappa shape index (κ1) is 22.5. The highest BCUT2D eigenvalue weighted by molar-refractivity contribution is 5.89. The van der Waals surface area contributed by atoms with Crippen LogP contribution < -0.4 is 10.9 Å². The number of para-hydroxylation sites is 2. The average Bonchev–Trinajstić information content (AvgIpc) is 2.78. The number of hydrogen-bond acceptors (Lipinski definition) is 3. The summed E-state index contributed by atoms with van der Waals surface area (Å²) in [4.78, 5) is 32.5. The average molecular weight is 425 g/mol. The minimum absolute atomic E-state index is 0.128. The van der Waals surface area contributed by atoms with E-state index in [4.69, 9.17) is 4.98 Å². The third-order valence-corrected chi connectivity index (χ3v) is 5.46. The number of nitrogens with zero attached hydrogens (tertiary/aromatic N) is 3. The topological polar surface area (TPSA) is 67.2 Å². The van der Waals surface area contributed by atoms with Gasteiger partial charge in [-0.3, -0.25) is 9.36 Å². The summed E-state index contributed by atoms with van der Waals surface area (Å²) in [5, 5.41) is 3.23. The molecule has 3 rings (SSSR count). The van der Waals surface area contributed by atoms with Gasteiger partial charge in [-0.05, 0) is 37.1 Å². The van der Waals surface area contributed by atoms with Crippen LogP contribution in [0.15, 0.2) is 53.3 Å². The lowest BCUT2D eigenvalue weighted by Crippen LogP contribution is -2.41. The second-order valence-corrected chi connectivity index (χ2v) is 7.59. The number of carbonyl (C=O) groups is 1. The van der Waals surface area contributed by atoms with Crippen LogP contribution in [0.3, 0.4) is 0 Å². The highest BCUT2D eigenvalue weighted by atomic mass is 19.1. The molecule has 0 bridgehead atoms. The van der Waals surface area contributed by atoms with Crippen molar-refractivity contribution in [1.29, 1.82) is 0 Å². The first-order chi connectivity index (χ1) is 15.0. The van der Waals surface area contributed by atoms with E-state index in [-0.39, 0.29) is 11.2 Å². The van der Waals surface area contributed by atoms with Gasteiger partial charge in [-0.15, -0.1) is 0 Å². The molecule has 2 amide bonds. The van der Waals surface area contributed by atoms with Crippen molar-refractivity contribution in [3.8, 4) is 0 Å². The van der Waals surface area contributed by atoms with E-state index in [1.807, 2.05) is 13.0 Å². The second-order valence-electron chi connectivity index (χ2n) is 7.59. The summed E-state index contributed by atoms with van der Waals surface area (Å²) in [6.45, 7) is 4.53. The molecule has 0 spiro atoms. The molecule has 2 aromatic carbocycles. The van der Waals surface area contributed by atoms with Crippen molar-refractivity contribution in [3.63, 3.8) is 0 Å². The molecule has 1 unspecified atom stereocenters. The Bertz CT molecular complexity index is 1110. The second kappa shape index (κ2) is 10.2. The molecule has 0 fully saturated rings. The first-order valence-corrected chi connectivity index (χ1v) is 10.8. The molecular formula is C24H29FN4O2. The van der Waals surface area contributed by atoms with Gasteiger partial charge in [0.25, 0.3) is 5.56 Å². The van der Waals surface area contributed by atoms with Crippen LogP contribution >= 0.6 is 0 Å². The zero-order valence-corrected chi connectivity index (χ0v) is 18.3. The van der Waals surface area contributed by atoms with Crippen LogP contribution in [0.1, 0.15) is 51.4 Å². The SMILES string of the molecule is CCCCCN(C(=O)Nc1ccccc1F)C(CC)c1nc2ccccc2c(=O)n1C. The van der Waals surface area contributed by atoms with E-state index < -0.39 is 17.9 Å². The zero-order chi connectivity index (χ0) is 22.4. The minimum atomic E-state index is -0.492. The number of carbonyl (C=O) groups excluding carboxylic acids is 1. The maximum atomic E-state index is 14.1. The van der Waals surface area contributed by atoms with Crippen molar-refractivity contribution >= 4 is 22.6 Å². The molecule has 0 radical (unpaired) electrons. The molecule has 1 aromatic heterocycles. The van der Waals surface area contributed by atoms with Crippen molar-refractivity contribution in [2.45, 2.75) is 45.6 Å². The molecule has 6 nitrogen and oxygen atoms in total. The quantitative estimate of drug-likeness (QED) is 0.502. The predicted octanol–water partition coefficient (Wildman–Crippen LogP) is 5.25. The Labute approximate surface area is 181 Å². The number of halogens is 1. The number of anilines is 1. The predicted molar refractivity (Wildman–Crippen MR) is 122 cm³/mol. The van der Waals surface area contributed by atoms with Gasteiger partial charge in [0, 0.05) is 13.6 Å². The van der Waals surface area contributed by atoms with Crippen molar-refractivity contribution in [1.82, 2.24) is 14.5 Å². The number of fused-ring (bicyclic) bond motifs is 1. The molecule has 164 valence electrons. The van der Waals surface area contributed by atoms with Crippen molar-refractivity contribution in [3.05, 3.63) is 70.5 Å². The molecule has 1 atom stereocenters. The summed E-state index contributed by atoms with van der Waals surface area (Å²) < 4.78 is 15.6. The van der Waals surface area contributed by atoms with Crippen LogP contribution in [0.25, 0.3) is 10.9 Å². The number of aromatic nitrogens is 2. The van der Waals surface area contributed by atoms with Gasteiger partial charge in [-0.25, -0.2) is 14.2 Å². The van der Waals surface area contributed by atoms with Gasteiger partial charge in [0.1, 0.15) is 11.6 Å². The molecule has 31 heavy (non-hydrogen) atoms. The van der Waals surface area contributed by atoms with Gasteiger partial charge in [0.15, 0.2) is 0 Å². The number of nitrogens with one attached hydrogen (secondary N) is 1. The lowest BCUT2D eigenvalue weighted by atomic mass is 10.1. The summed E-state index contributed by atoms with van der Waals surface area (Å²) in [5.41, 5.74) is 0.576. The molecular weight excluding hydrogens is 395 g/mol. The third kappa shape index (κ3) is 4.93. The fourth-order valence-corrected chi connectivity index (χ4v) is 3.76. The van der Waals surface area contributed by atoms with E-state index in [1.54, 1.807) is 42.3 Å². The normalized spacial score (nSPS) is 12.0. The van der Waals surface area contributed by atoms with Crippen LogP contribution in [0.5, 0.6) is 0 Å². The summed E-state index contributed by atoms with van der Waals surface area (Å²) in [7, 11) is 1.68. The molecule has 0 aliphatic rings. The van der Waals surface area contributed by atoms with E-state index >= 15 is 0 Å². The van der Waals surface area contributed by atoms with Crippen molar-refractivity contribution in [2.75, 3.05) is 11.9 Å². The molecule has 1 heterocycles. The van der Waals surface area contributed by atoms with Crippen LogP contribution in [0, 0.1) is 5.82 Å². The lowest BCUT2D eigenvalue weighted by Gasteiger charge is -2.32. The molecule has 1 N–H and O–H groups in total. The smallest absolute Gasteiger partial charge is 0.314 e. The van der Waals surface area contributed by atoms with Gasteiger partial charge in [-0.1, -0.05) is 51.0 Å². The van der Waals surface area contributed by atoms with Crippen molar-refractivity contribution in [2.24, 2.45) is 7.05 Å². The van der Waals surface area contributed by atoms with Crippen LogP contribution in [-0.4, -0.2) is 27.0 Å². The molecule has 0 saturated heterocycles. The van der Waals surface area contributed by atoms with Crippen LogP contribution in [0.2, 0.25) is 0 Å². The maximum Gasteiger partial charge on any atom is 0.322 e. The Morgan fingerprint density at radius 3 is 2.55 bits per heavy atom. The fraction of sp³-hybridized carbons (Fsp3) is 0.375. The van der Waals surface area contributed by atoms with E-state index in [0.717, 1.165) is 19.3 Å². The van der Waals surface area contributed by atoms with Gasteiger partial charge in [0.2, 0.25) is 0 Å². The van der Waals surface area contributed by atoms with Gasteiger partial charge < -0.3 is 10.2 Å². The van der Waals surface area contributed by atoms with Gasteiger partial charge in [0.05, 0.1) is 22.6 Å². The summed E-state index contributed by atoms with van der Waals surface area (Å²) in [5.74, 6) is 0.0278. The number of urea groups is 1. The molecule has 0 aliphatic heterocycles. The number of rotatable bonds is 8. The highest BCUT2D eigenvalue weighted by Gasteiger charge is 2.28. The van der Waals surface area contributed by atoms with Crippen LogP contribution in [0.4, 0.5) is 14.9 Å². The minimum Gasteiger partial charge on any atom is -0.314 e. The Balaban J connectivity index is 2.01. The van der Waals surface area contributed by atoms with E-state index in [0.29, 0.717) is 29.7 Å². The molecule has 7 heteroatoms. The standard InChI is InChI=1S/C24H29FN4O2/c1-4-6-11-16-29(24(31)27-20-15-10-8-13-18(20)25)21(5-2)22-26-19-14-9-7-12-17(19)23(30)28(22)3/h7-10,12-15,21H,4-6,11,16H2,1-3H3,(H,27,31). The monoisotopic (exact) mass is 424 g/mol. The summed E-state index contributed by atoms with van der Waals surface area (Å²) >= 11 is 0. The van der Waals surface area contributed by atoms with E-state index in [2.05, 4.69) is 12.2 Å². The summed E-state index contributed by atoms with van der Waals surface area (Å²) in [6, 6.07) is 12.4. The molecule has 0 saturated carbocycles. The number of amides is 2. The van der Waals surface area contributed by atoms with Gasteiger partial charge in [-0.2, -0.15) is 0 Å². The number of unbranched alkanes of at least 4 members (excludes halogenated alkanes) is 2. The Kier molecular flexibility index (Phi) is 7.39. The molecule has 0 aliphatic carbocycles. The maximum absolute atomic E-state index is 14.1. The van der Waals surface area contributed by atoms with Gasteiger partial charge >= 0.3 is 6.03 Å². The fourth-order valence-electron chi connectivity index (χ4n) is 3.76. The zero-order valence-electron chi connectivity index (χ0n) is 18.3. The van der Waals surface area contributed by atoms with E-state index in [9.17, 15) is 14.0 Å². The largest absolute Gasteiger partial charge is 0.322 e. The number of benzene rings is 2. The highest BCUT2D eigenvalue weighted by Crippen LogP contribution is 2.25. The Hall–Kier alpha value is -3.22. The first-order valence-electron chi connectivity index (χ1n) is 10.8. The third-order valence-electron chi connectivity index (χ3n) is 5.46.